The SMILES string of the molecule is CCOc1ccc(C(C)=O)cc1CN1CCCC1=O. The third-order valence-corrected chi connectivity index (χ3v) is 3.30. The van der Waals surface area contributed by atoms with E-state index in [1.165, 1.54) is 0 Å². The van der Waals surface area contributed by atoms with Crippen LogP contribution in [-0.4, -0.2) is 29.7 Å². The van der Waals surface area contributed by atoms with E-state index in [0.717, 1.165) is 24.3 Å². The van der Waals surface area contributed by atoms with Crippen LogP contribution < -0.4 is 4.74 Å². The zero-order valence-electron chi connectivity index (χ0n) is 11.4. The zero-order chi connectivity index (χ0) is 13.8. The van der Waals surface area contributed by atoms with Crippen molar-refractivity contribution in [3.05, 3.63) is 29.3 Å². The Hall–Kier alpha value is -1.84. The predicted octanol–water partition coefficient (Wildman–Crippen LogP) is 2.41. The summed E-state index contributed by atoms with van der Waals surface area (Å²) >= 11 is 0. The van der Waals surface area contributed by atoms with Gasteiger partial charge >= 0.3 is 0 Å². The number of amides is 1. The van der Waals surface area contributed by atoms with Crippen molar-refractivity contribution in [2.24, 2.45) is 0 Å². The molecule has 1 aliphatic rings. The molecule has 2 rings (SSSR count). The van der Waals surface area contributed by atoms with Crippen molar-refractivity contribution in [2.75, 3.05) is 13.2 Å². The average Bonchev–Trinajstić information content (AvgIpc) is 2.77. The summed E-state index contributed by atoms with van der Waals surface area (Å²) in [5.74, 6) is 0.958. The van der Waals surface area contributed by atoms with E-state index in [-0.39, 0.29) is 11.7 Å². The highest BCUT2D eigenvalue weighted by atomic mass is 16.5. The standard InChI is InChI=1S/C15H19NO3/c1-3-19-14-7-6-12(11(2)17)9-13(14)10-16-8-4-5-15(16)18/h6-7,9H,3-5,8,10H2,1-2H3. The number of benzene rings is 1. The van der Waals surface area contributed by atoms with Crippen molar-refractivity contribution >= 4 is 11.7 Å². The predicted molar refractivity (Wildman–Crippen MR) is 72.3 cm³/mol. The van der Waals surface area contributed by atoms with Gasteiger partial charge in [0.05, 0.1) is 6.61 Å². The highest BCUT2D eigenvalue weighted by molar-refractivity contribution is 5.94. The molecule has 0 radical (unpaired) electrons. The summed E-state index contributed by atoms with van der Waals surface area (Å²) in [5.41, 5.74) is 1.56. The first-order chi connectivity index (χ1) is 9.11. The maximum absolute atomic E-state index is 11.7. The maximum Gasteiger partial charge on any atom is 0.222 e. The lowest BCUT2D eigenvalue weighted by atomic mass is 10.1. The molecule has 0 bridgehead atoms. The number of hydrogen-bond acceptors (Lipinski definition) is 3. The minimum atomic E-state index is 0.0250. The quantitative estimate of drug-likeness (QED) is 0.765. The number of Topliss-reactive ketones (excluding diaryl/α,β-unsaturated/α-hetero) is 1. The van der Waals surface area contributed by atoms with Gasteiger partial charge in [0.2, 0.25) is 5.91 Å². The van der Waals surface area contributed by atoms with E-state index < -0.39 is 0 Å². The molecule has 19 heavy (non-hydrogen) atoms. The molecule has 0 saturated carbocycles. The van der Waals surface area contributed by atoms with Gasteiger partial charge in [0.1, 0.15) is 5.75 Å². The second kappa shape index (κ2) is 5.87. The fraction of sp³-hybridized carbons (Fsp3) is 0.467. The monoisotopic (exact) mass is 261 g/mol. The molecule has 0 unspecified atom stereocenters. The minimum absolute atomic E-state index is 0.0250. The van der Waals surface area contributed by atoms with Crippen molar-refractivity contribution in [3.63, 3.8) is 0 Å². The van der Waals surface area contributed by atoms with Gasteiger partial charge in [0.15, 0.2) is 5.78 Å². The summed E-state index contributed by atoms with van der Waals surface area (Å²) < 4.78 is 5.57. The van der Waals surface area contributed by atoms with E-state index in [1.54, 1.807) is 13.0 Å². The molecule has 0 spiro atoms. The molecule has 1 fully saturated rings. The number of rotatable bonds is 5. The van der Waals surface area contributed by atoms with Crippen LogP contribution in [0.3, 0.4) is 0 Å². The van der Waals surface area contributed by atoms with Crippen molar-refractivity contribution in [1.29, 1.82) is 0 Å². The third kappa shape index (κ3) is 3.13. The number of carbonyl (C=O) groups excluding carboxylic acids is 2. The molecule has 1 amide bonds. The molecule has 102 valence electrons. The van der Waals surface area contributed by atoms with Gasteiger partial charge < -0.3 is 9.64 Å². The second-order valence-corrected chi connectivity index (χ2v) is 4.73. The van der Waals surface area contributed by atoms with Gasteiger partial charge in [0.25, 0.3) is 0 Å². The Balaban J connectivity index is 2.26. The van der Waals surface area contributed by atoms with Crippen LogP contribution in [0.2, 0.25) is 0 Å². The van der Waals surface area contributed by atoms with Crippen molar-refractivity contribution in [1.82, 2.24) is 4.90 Å². The van der Waals surface area contributed by atoms with Crippen molar-refractivity contribution < 1.29 is 14.3 Å². The van der Waals surface area contributed by atoms with Crippen molar-refractivity contribution in [2.45, 2.75) is 33.2 Å². The summed E-state index contributed by atoms with van der Waals surface area (Å²) in [6.45, 7) is 5.34. The molecule has 1 heterocycles. The first-order valence-corrected chi connectivity index (χ1v) is 6.66. The van der Waals surface area contributed by atoms with E-state index in [9.17, 15) is 9.59 Å². The lowest BCUT2D eigenvalue weighted by Gasteiger charge is -2.18. The van der Waals surface area contributed by atoms with Crippen LogP contribution in [0.4, 0.5) is 0 Å². The Morgan fingerprint density at radius 2 is 2.21 bits per heavy atom. The summed E-state index contributed by atoms with van der Waals surface area (Å²) in [5, 5.41) is 0. The van der Waals surface area contributed by atoms with Gasteiger partial charge in [-0.2, -0.15) is 0 Å². The van der Waals surface area contributed by atoms with Crippen molar-refractivity contribution in [3.8, 4) is 5.75 Å². The Kier molecular flexibility index (Phi) is 4.20. The normalized spacial score (nSPS) is 14.8. The number of nitrogens with zero attached hydrogens (tertiary/aromatic N) is 1. The lowest BCUT2D eigenvalue weighted by Crippen LogP contribution is -2.24. The summed E-state index contributed by atoms with van der Waals surface area (Å²) in [6, 6.07) is 5.41. The van der Waals surface area contributed by atoms with Gasteiger partial charge in [-0.1, -0.05) is 0 Å². The highest BCUT2D eigenvalue weighted by Crippen LogP contribution is 2.24. The summed E-state index contributed by atoms with van der Waals surface area (Å²) in [4.78, 5) is 25.0. The molecule has 4 nitrogen and oxygen atoms in total. The van der Waals surface area contributed by atoms with Gasteiger partial charge in [0, 0.05) is 30.6 Å². The minimum Gasteiger partial charge on any atom is -0.494 e. The van der Waals surface area contributed by atoms with Crippen LogP contribution in [-0.2, 0) is 11.3 Å². The first-order valence-electron chi connectivity index (χ1n) is 6.66. The van der Waals surface area contributed by atoms with Crippen LogP contribution in [0.15, 0.2) is 18.2 Å². The van der Waals surface area contributed by atoms with Gasteiger partial charge in [-0.15, -0.1) is 0 Å². The number of ketones is 1. The van der Waals surface area contributed by atoms with Gasteiger partial charge in [-0.3, -0.25) is 9.59 Å². The first kappa shape index (κ1) is 13.6. The van der Waals surface area contributed by atoms with Crippen LogP contribution in [0, 0.1) is 0 Å². The van der Waals surface area contributed by atoms with E-state index in [2.05, 4.69) is 0 Å². The second-order valence-electron chi connectivity index (χ2n) is 4.73. The van der Waals surface area contributed by atoms with E-state index in [0.29, 0.717) is 25.1 Å². The average molecular weight is 261 g/mol. The molecule has 0 atom stereocenters. The molecule has 0 aromatic heterocycles. The maximum atomic E-state index is 11.7. The summed E-state index contributed by atoms with van der Waals surface area (Å²) in [7, 11) is 0. The molecule has 0 aliphatic carbocycles. The summed E-state index contributed by atoms with van der Waals surface area (Å²) in [6.07, 6.45) is 1.53. The molecule has 1 aromatic rings. The van der Waals surface area contributed by atoms with E-state index in [4.69, 9.17) is 4.74 Å². The van der Waals surface area contributed by atoms with Gasteiger partial charge in [-0.25, -0.2) is 0 Å². The molecular formula is C15H19NO3. The molecule has 1 aromatic carbocycles. The topological polar surface area (TPSA) is 46.6 Å². The molecular weight excluding hydrogens is 242 g/mol. The number of carbonyl (C=O) groups is 2. The largest absolute Gasteiger partial charge is 0.494 e. The fourth-order valence-corrected chi connectivity index (χ4v) is 2.30. The van der Waals surface area contributed by atoms with E-state index in [1.807, 2.05) is 24.0 Å². The number of ether oxygens (including phenoxy) is 1. The third-order valence-electron chi connectivity index (χ3n) is 3.30. The lowest BCUT2D eigenvalue weighted by molar-refractivity contribution is -0.128. The Bertz CT molecular complexity index is 496. The van der Waals surface area contributed by atoms with Crippen LogP contribution in [0.1, 0.15) is 42.6 Å². The van der Waals surface area contributed by atoms with Gasteiger partial charge in [-0.05, 0) is 38.5 Å². The van der Waals surface area contributed by atoms with Crippen LogP contribution >= 0.6 is 0 Å². The Labute approximate surface area is 113 Å². The number of likely N-dealkylation sites (tertiary alicyclic amines) is 1. The zero-order valence-corrected chi connectivity index (χ0v) is 11.4. The molecule has 1 aliphatic heterocycles. The molecule has 0 N–H and O–H groups in total. The van der Waals surface area contributed by atoms with E-state index >= 15 is 0 Å². The van der Waals surface area contributed by atoms with Crippen LogP contribution in [0.25, 0.3) is 0 Å². The smallest absolute Gasteiger partial charge is 0.222 e. The van der Waals surface area contributed by atoms with Crippen LogP contribution in [0.5, 0.6) is 5.75 Å². The fourth-order valence-electron chi connectivity index (χ4n) is 2.30. The number of hydrogen-bond donors (Lipinski definition) is 0. The molecule has 1 saturated heterocycles. The highest BCUT2D eigenvalue weighted by Gasteiger charge is 2.21. The Morgan fingerprint density at radius 1 is 1.42 bits per heavy atom. The Morgan fingerprint density at radius 3 is 2.79 bits per heavy atom. The molecule has 4 heteroatoms.